The molecule has 1 N–H and O–H groups in total. The first kappa shape index (κ1) is 26.8. The molecule has 9 nitrogen and oxygen atoms in total. The fourth-order valence-corrected chi connectivity index (χ4v) is 4.46. The second kappa shape index (κ2) is 12.8. The third-order valence-corrected chi connectivity index (χ3v) is 6.49. The first-order chi connectivity index (χ1) is 18.6. The number of hydrazone groups is 1. The molecule has 1 heterocycles. The van der Waals surface area contributed by atoms with Crippen molar-refractivity contribution >= 4 is 17.8 Å². The molecule has 3 aromatic carbocycles. The van der Waals surface area contributed by atoms with Crippen molar-refractivity contribution in [3.63, 3.8) is 0 Å². The first-order valence-electron chi connectivity index (χ1n) is 12.4. The van der Waals surface area contributed by atoms with Gasteiger partial charge in [0.2, 0.25) is 5.75 Å². The lowest BCUT2D eigenvalue weighted by molar-refractivity contribution is 0.0955. The highest BCUT2D eigenvalue weighted by molar-refractivity contribution is 5.95. The van der Waals surface area contributed by atoms with Gasteiger partial charge in [0.05, 0.1) is 40.3 Å². The van der Waals surface area contributed by atoms with Gasteiger partial charge in [-0.1, -0.05) is 24.3 Å². The van der Waals surface area contributed by atoms with Crippen LogP contribution in [0.3, 0.4) is 0 Å². The minimum absolute atomic E-state index is 0.286. The van der Waals surface area contributed by atoms with Gasteiger partial charge in [-0.25, -0.2) is 5.43 Å². The maximum atomic E-state index is 12.6. The number of hydrogen-bond acceptors (Lipinski definition) is 8. The molecular weight excluding hydrogens is 484 g/mol. The number of anilines is 1. The summed E-state index contributed by atoms with van der Waals surface area (Å²) in [7, 11) is 6.35. The number of nitrogens with one attached hydrogen (secondary N) is 1. The lowest BCUT2D eigenvalue weighted by Gasteiger charge is -2.36. The van der Waals surface area contributed by atoms with Crippen LogP contribution < -0.4 is 29.3 Å². The Morgan fingerprint density at radius 3 is 2.08 bits per heavy atom. The van der Waals surface area contributed by atoms with E-state index in [9.17, 15) is 4.79 Å². The summed E-state index contributed by atoms with van der Waals surface area (Å²) in [4.78, 5) is 17.4. The summed E-state index contributed by atoms with van der Waals surface area (Å²) in [6, 6.07) is 19.3. The number of piperazine rings is 1. The second-order valence-corrected chi connectivity index (χ2v) is 8.79. The lowest BCUT2D eigenvalue weighted by atomic mass is 10.1. The van der Waals surface area contributed by atoms with E-state index in [1.54, 1.807) is 40.6 Å². The molecule has 200 valence electrons. The summed E-state index contributed by atoms with van der Waals surface area (Å²) in [5, 5.41) is 4.09. The van der Waals surface area contributed by atoms with Gasteiger partial charge >= 0.3 is 0 Å². The standard InChI is InChI=1S/C29H34N4O5/c1-35-25-8-6-5-7-24(25)33-15-13-32(14-16-33)20-21-9-11-23(12-10-21)29(34)31-30-19-22-17-26(36-2)28(38-4)27(18-22)37-3/h5-12,17-19H,13-16,20H2,1-4H3,(H,31,34)/b30-19-. The number of para-hydroxylation sites is 2. The molecule has 1 aliphatic heterocycles. The van der Waals surface area contributed by atoms with E-state index in [0.29, 0.717) is 28.4 Å². The van der Waals surface area contributed by atoms with Gasteiger partial charge in [0.25, 0.3) is 5.91 Å². The van der Waals surface area contributed by atoms with Crippen molar-refractivity contribution in [1.82, 2.24) is 10.3 Å². The predicted octanol–water partition coefficient (Wildman–Crippen LogP) is 3.81. The van der Waals surface area contributed by atoms with Crippen molar-refractivity contribution in [3.8, 4) is 23.0 Å². The Labute approximate surface area is 223 Å². The van der Waals surface area contributed by atoms with Crippen molar-refractivity contribution in [3.05, 3.63) is 77.4 Å². The lowest BCUT2D eigenvalue weighted by Crippen LogP contribution is -2.46. The zero-order valence-corrected chi connectivity index (χ0v) is 22.3. The number of amides is 1. The van der Waals surface area contributed by atoms with Gasteiger partial charge in [-0.15, -0.1) is 0 Å². The molecule has 0 spiro atoms. The Bertz CT molecular complexity index is 1230. The van der Waals surface area contributed by atoms with Crippen molar-refractivity contribution < 1.29 is 23.7 Å². The zero-order valence-electron chi connectivity index (χ0n) is 22.3. The summed E-state index contributed by atoms with van der Waals surface area (Å²) in [5.41, 5.74) is 6.10. The quantitative estimate of drug-likeness (QED) is 0.323. The van der Waals surface area contributed by atoms with E-state index in [-0.39, 0.29) is 5.91 Å². The number of benzene rings is 3. The number of rotatable bonds is 10. The van der Waals surface area contributed by atoms with Gasteiger partial charge < -0.3 is 23.8 Å². The minimum atomic E-state index is -0.286. The average Bonchev–Trinajstić information content (AvgIpc) is 2.97. The van der Waals surface area contributed by atoms with E-state index in [2.05, 4.69) is 26.4 Å². The normalized spacial score (nSPS) is 13.8. The van der Waals surface area contributed by atoms with E-state index in [0.717, 1.165) is 49.7 Å². The molecule has 9 heteroatoms. The van der Waals surface area contributed by atoms with E-state index in [1.165, 1.54) is 6.21 Å². The van der Waals surface area contributed by atoms with Crippen LogP contribution in [0.4, 0.5) is 5.69 Å². The van der Waals surface area contributed by atoms with Crippen LogP contribution in [-0.2, 0) is 6.54 Å². The van der Waals surface area contributed by atoms with Gasteiger partial charge in [0.15, 0.2) is 11.5 Å². The highest BCUT2D eigenvalue weighted by Gasteiger charge is 2.19. The summed E-state index contributed by atoms with van der Waals surface area (Å²) in [6.45, 7) is 4.61. The highest BCUT2D eigenvalue weighted by atomic mass is 16.5. The summed E-state index contributed by atoms with van der Waals surface area (Å²) in [5.74, 6) is 2.13. The number of carbonyl (C=O) groups is 1. The first-order valence-corrected chi connectivity index (χ1v) is 12.4. The van der Waals surface area contributed by atoms with Crippen LogP contribution in [0.15, 0.2) is 65.8 Å². The maximum Gasteiger partial charge on any atom is 0.271 e. The third kappa shape index (κ3) is 6.36. The number of nitrogens with zero attached hydrogens (tertiary/aromatic N) is 3. The fourth-order valence-electron chi connectivity index (χ4n) is 4.46. The van der Waals surface area contributed by atoms with Crippen molar-refractivity contribution in [1.29, 1.82) is 0 Å². The Morgan fingerprint density at radius 2 is 1.47 bits per heavy atom. The molecule has 0 aromatic heterocycles. The molecule has 3 aromatic rings. The molecule has 1 aliphatic rings. The van der Waals surface area contributed by atoms with Crippen LogP contribution >= 0.6 is 0 Å². The highest BCUT2D eigenvalue weighted by Crippen LogP contribution is 2.37. The van der Waals surface area contributed by atoms with Crippen LogP contribution in [0, 0.1) is 0 Å². The van der Waals surface area contributed by atoms with E-state index in [4.69, 9.17) is 18.9 Å². The van der Waals surface area contributed by atoms with E-state index in [1.807, 2.05) is 42.5 Å². The molecule has 0 unspecified atom stereocenters. The Kier molecular flexibility index (Phi) is 9.05. The van der Waals surface area contributed by atoms with E-state index < -0.39 is 0 Å². The predicted molar refractivity (Wildman–Crippen MR) is 148 cm³/mol. The largest absolute Gasteiger partial charge is 0.495 e. The zero-order chi connectivity index (χ0) is 26.9. The van der Waals surface area contributed by atoms with Crippen molar-refractivity contribution in [2.75, 3.05) is 59.5 Å². The van der Waals surface area contributed by atoms with Gasteiger partial charge in [0.1, 0.15) is 5.75 Å². The maximum absolute atomic E-state index is 12.6. The summed E-state index contributed by atoms with van der Waals surface area (Å²) >= 11 is 0. The topological polar surface area (TPSA) is 84.9 Å². The minimum Gasteiger partial charge on any atom is -0.495 e. The molecule has 0 atom stereocenters. The molecule has 1 amide bonds. The third-order valence-electron chi connectivity index (χ3n) is 6.49. The molecular formula is C29H34N4O5. The summed E-state index contributed by atoms with van der Waals surface area (Å²) < 4.78 is 21.5. The molecule has 1 fully saturated rings. The van der Waals surface area contributed by atoms with Gasteiger partial charge in [-0.2, -0.15) is 5.10 Å². The van der Waals surface area contributed by atoms with Crippen LogP contribution in [0.5, 0.6) is 23.0 Å². The molecule has 1 saturated heterocycles. The smallest absolute Gasteiger partial charge is 0.271 e. The molecule has 0 saturated carbocycles. The van der Waals surface area contributed by atoms with Crippen LogP contribution in [0.1, 0.15) is 21.5 Å². The fraction of sp³-hybridized carbons (Fsp3) is 0.310. The van der Waals surface area contributed by atoms with Gasteiger partial charge in [-0.05, 0) is 42.0 Å². The van der Waals surface area contributed by atoms with Crippen molar-refractivity contribution in [2.24, 2.45) is 5.10 Å². The Balaban J connectivity index is 1.29. The SMILES string of the molecule is COc1ccccc1N1CCN(Cc2ccc(C(=O)N/N=C\c3cc(OC)c(OC)c(OC)c3)cc2)CC1. The monoisotopic (exact) mass is 518 g/mol. The molecule has 4 rings (SSSR count). The average molecular weight is 519 g/mol. The Hall–Kier alpha value is -4.24. The Morgan fingerprint density at radius 1 is 0.842 bits per heavy atom. The van der Waals surface area contributed by atoms with Gasteiger partial charge in [0, 0.05) is 43.9 Å². The van der Waals surface area contributed by atoms with Gasteiger partial charge in [-0.3, -0.25) is 9.69 Å². The summed E-state index contributed by atoms with van der Waals surface area (Å²) in [6.07, 6.45) is 1.53. The van der Waals surface area contributed by atoms with Crippen LogP contribution in [-0.4, -0.2) is 71.6 Å². The van der Waals surface area contributed by atoms with Crippen molar-refractivity contribution in [2.45, 2.75) is 6.54 Å². The molecule has 0 aliphatic carbocycles. The number of methoxy groups -OCH3 is 4. The van der Waals surface area contributed by atoms with E-state index >= 15 is 0 Å². The molecule has 0 radical (unpaired) electrons. The number of carbonyl (C=O) groups excluding carboxylic acids is 1. The molecule has 38 heavy (non-hydrogen) atoms. The second-order valence-electron chi connectivity index (χ2n) is 8.79. The number of hydrogen-bond donors (Lipinski definition) is 1. The van der Waals surface area contributed by atoms with Crippen LogP contribution in [0.25, 0.3) is 0 Å². The molecule has 0 bridgehead atoms. The number of ether oxygens (including phenoxy) is 4. The van der Waals surface area contributed by atoms with Crippen LogP contribution in [0.2, 0.25) is 0 Å².